The van der Waals surface area contributed by atoms with Crippen molar-refractivity contribution in [2.75, 3.05) is 66.0 Å². The predicted molar refractivity (Wildman–Crippen MR) is 129 cm³/mol. The second-order valence-electron chi connectivity index (χ2n) is 9.79. The van der Waals surface area contributed by atoms with Gasteiger partial charge in [-0.2, -0.15) is 0 Å². The third-order valence-corrected chi connectivity index (χ3v) is 7.50. The maximum Gasteiger partial charge on any atom is 0.225 e. The van der Waals surface area contributed by atoms with Crippen LogP contribution in [-0.2, 0) is 14.4 Å². The molecule has 0 spiro atoms. The number of carbonyl (C=O) groups excluding carboxylic acids is 3. The summed E-state index contributed by atoms with van der Waals surface area (Å²) in [6.45, 7) is 6.43. The largest absolute Gasteiger partial charge is 0.493 e. The summed E-state index contributed by atoms with van der Waals surface area (Å²) in [5.41, 5.74) is 0. The second-order valence-corrected chi connectivity index (χ2v) is 9.79. The minimum absolute atomic E-state index is 0.0190. The Morgan fingerprint density at radius 2 is 1.24 bits per heavy atom. The minimum Gasteiger partial charge on any atom is -0.493 e. The van der Waals surface area contributed by atoms with Gasteiger partial charge >= 0.3 is 0 Å². The van der Waals surface area contributed by atoms with Crippen LogP contribution in [-0.4, -0.2) is 103 Å². The predicted octanol–water partition coefficient (Wildman–Crippen LogP) is 1.71. The number of para-hydroxylation sites is 1. The zero-order valence-electron chi connectivity index (χ0n) is 20.4. The van der Waals surface area contributed by atoms with Crippen LogP contribution in [0.4, 0.5) is 0 Å². The Bertz CT molecular complexity index is 824. The number of hydrogen-bond acceptors (Lipinski definition) is 5. The van der Waals surface area contributed by atoms with Crippen LogP contribution >= 0.6 is 0 Å². The van der Waals surface area contributed by atoms with Crippen LogP contribution in [0.2, 0.25) is 0 Å². The molecule has 3 aliphatic heterocycles. The summed E-state index contributed by atoms with van der Waals surface area (Å²) in [6.07, 6.45) is 3.29. The molecule has 4 rings (SSSR count). The molecule has 0 bridgehead atoms. The summed E-state index contributed by atoms with van der Waals surface area (Å²) in [7, 11) is 2.09. The number of rotatable bonds is 6. The minimum atomic E-state index is -0.0190. The van der Waals surface area contributed by atoms with E-state index in [9.17, 15) is 14.4 Å². The van der Waals surface area contributed by atoms with E-state index in [-0.39, 0.29) is 29.6 Å². The Balaban J connectivity index is 1.15. The molecule has 3 fully saturated rings. The SMILES string of the molecule is CN1CCN(C(=O)C2CCN(C(=O)C3CCN(C(=O)CCOc4ccccc4)CC3)CC2)CC1. The topological polar surface area (TPSA) is 73.4 Å². The number of amides is 3. The second kappa shape index (κ2) is 11.7. The number of piperidine rings is 2. The average Bonchev–Trinajstić information content (AvgIpc) is 2.89. The fourth-order valence-corrected chi connectivity index (χ4v) is 5.20. The molecular formula is C26H38N4O4. The van der Waals surface area contributed by atoms with E-state index >= 15 is 0 Å². The van der Waals surface area contributed by atoms with Crippen molar-refractivity contribution in [1.82, 2.24) is 19.6 Å². The van der Waals surface area contributed by atoms with Gasteiger partial charge in [-0.05, 0) is 44.9 Å². The molecule has 0 radical (unpaired) electrons. The van der Waals surface area contributed by atoms with Gasteiger partial charge in [0.1, 0.15) is 5.75 Å². The monoisotopic (exact) mass is 470 g/mol. The van der Waals surface area contributed by atoms with Gasteiger partial charge in [-0.25, -0.2) is 0 Å². The Morgan fingerprint density at radius 3 is 1.79 bits per heavy atom. The Labute approximate surface area is 202 Å². The first-order valence-electron chi connectivity index (χ1n) is 12.7. The zero-order chi connectivity index (χ0) is 23.9. The number of nitrogens with zero attached hydrogens (tertiary/aromatic N) is 4. The van der Waals surface area contributed by atoms with Gasteiger partial charge in [0, 0.05) is 64.2 Å². The highest BCUT2D eigenvalue weighted by Gasteiger charge is 2.35. The summed E-state index contributed by atoms with van der Waals surface area (Å²) < 4.78 is 5.64. The first-order chi connectivity index (χ1) is 16.5. The third-order valence-electron chi connectivity index (χ3n) is 7.50. The van der Waals surface area contributed by atoms with Crippen molar-refractivity contribution in [3.05, 3.63) is 30.3 Å². The number of likely N-dealkylation sites (tertiary alicyclic amines) is 2. The van der Waals surface area contributed by atoms with Crippen LogP contribution in [0.3, 0.4) is 0 Å². The van der Waals surface area contributed by atoms with Gasteiger partial charge in [0.15, 0.2) is 0 Å². The fraction of sp³-hybridized carbons (Fsp3) is 0.654. The Hall–Kier alpha value is -2.61. The number of carbonyl (C=O) groups is 3. The molecule has 0 unspecified atom stereocenters. The third kappa shape index (κ3) is 6.29. The van der Waals surface area contributed by atoms with Gasteiger partial charge in [0.2, 0.25) is 17.7 Å². The van der Waals surface area contributed by atoms with E-state index in [1.165, 1.54) is 0 Å². The van der Waals surface area contributed by atoms with Crippen LogP contribution in [0.15, 0.2) is 30.3 Å². The average molecular weight is 471 g/mol. The molecule has 3 heterocycles. The highest BCUT2D eigenvalue weighted by molar-refractivity contribution is 5.82. The number of ether oxygens (including phenoxy) is 1. The van der Waals surface area contributed by atoms with E-state index in [0.717, 1.165) is 44.8 Å². The molecule has 8 heteroatoms. The van der Waals surface area contributed by atoms with E-state index in [4.69, 9.17) is 4.74 Å². The number of benzene rings is 1. The summed E-state index contributed by atoms with van der Waals surface area (Å²) >= 11 is 0. The van der Waals surface area contributed by atoms with Crippen molar-refractivity contribution >= 4 is 17.7 Å². The molecule has 3 aliphatic rings. The molecular weight excluding hydrogens is 432 g/mol. The van der Waals surface area contributed by atoms with E-state index in [1.807, 2.05) is 45.0 Å². The van der Waals surface area contributed by atoms with Crippen molar-refractivity contribution < 1.29 is 19.1 Å². The summed E-state index contributed by atoms with van der Waals surface area (Å²) in [6, 6.07) is 9.51. The number of piperazine rings is 1. The summed E-state index contributed by atoms with van der Waals surface area (Å²) in [5, 5.41) is 0. The van der Waals surface area contributed by atoms with Gasteiger partial charge in [-0.15, -0.1) is 0 Å². The van der Waals surface area contributed by atoms with Crippen LogP contribution in [0, 0.1) is 11.8 Å². The fourth-order valence-electron chi connectivity index (χ4n) is 5.20. The van der Waals surface area contributed by atoms with Crippen molar-refractivity contribution in [1.29, 1.82) is 0 Å². The lowest BCUT2D eigenvalue weighted by atomic mass is 9.91. The highest BCUT2D eigenvalue weighted by atomic mass is 16.5. The van der Waals surface area contributed by atoms with Crippen LogP contribution < -0.4 is 4.74 Å². The molecule has 0 atom stereocenters. The van der Waals surface area contributed by atoms with E-state index in [0.29, 0.717) is 52.0 Å². The maximum absolute atomic E-state index is 13.1. The zero-order valence-corrected chi connectivity index (χ0v) is 20.4. The van der Waals surface area contributed by atoms with Crippen molar-refractivity contribution in [2.45, 2.75) is 32.1 Å². The van der Waals surface area contributed by atoms with Gasteiger partial charge in [0.25, 0.3) is 0 Å². The Morgan fingerprint density at radius 1 is 0.735 bits per heavy atom. The van der Waals surface area contributed by atoms with Gasteiger partial charge in [-0.3, -0.25) is 14.4 Å². The quantitative estimate of drug-likeness (QED) is 0.633. The lowest BCUT2D eigenvalue weighted by Gasteiger charge is -2.39. The van der Waals surface area contributed by atoms with Crippen LogP contribution in [0.25, 0.3) is 0 Å². The van der Waals surface area contributed by atoms with Crippen molar-refractivity contribution in [3.63, 3.8) is 0 Å². The van der Waals surface area contributed by atoms with Gasteiger partial charge < -0.3 is 24.3 Å². The summed E-state index contributed by atoms with van der Waals surface area (Å²) in [5.74, 6) is 1.35. The molecule has 186 valence electrons. The number of hydrogen-bond donors (Lipinski definition) is 0. The molecule has 3 amide bonds. The molecule has 0 N–H and O–H groups in total. The lowest BCUT2D eigenvalue weighted by Crippen LogP contribution is -2.51. The first-order valence-corrected chi connectivity index (χ1v) is 12.7. The molecule has 1 aromatic rings. The van der Waals surface area contributed by atoms with E-state index < -0.39 is 0 Å². The molecule has 8 nitrogen and oxygen atoms in total. The standard InChI is InChI=1S/C26H38N4O4/c1-27-16-18-30(19-17-27)26(33)22-9-14-29(15-10-22)25(32)21-7-12-28(13-8-21)24(31)11-20-34-23-5-3-2-4-6-23/h2-6,21-22H,7-20H2,1H3. The molecule has 0 saturated carbocycles. The normalized spacial score (nSPS) is 20.9. The van der Waals surface area contributed by atoms with Crippen molar-refractivity contribution in [3.8, 4) is 5.75 Å². The highest BCUT2D eigenvalue weighted by Crippen LogP contribution is 2.25. The summed E-state index contributed by atoms with van der Waals surface area (Å²) in [4.78, 5) is 46.5. The van der Waals surface area contributed by atoms with Crippen molar-refractivity contribution in [2.24, 2.45) is 11.8 Å². The maximum atomic E-state index is 13.1. The molecule has 0 aliphatic carbocycles. The molecule has 34 heavy (non-hydrogen) atoms. The van der Waals surface area contributed by atoms with E-state index in [2.05, 4.69) is 11.9 Å². The lowest BCUT2D eigenvalue weighted by molar-refractivity contribution is -0.145. The van der Waals surface area contributed by atoms with Gasteiger partial charge in [0.05, 0.1) is 13.0 Å². The molecule has 0 aromatic heterocycles. The Kier molecular flexibility index (Phi) is 8.43. The van der Waals surface area contributed by atoms with E-state index in [1.54, 1.807) is 0 Å². The van der Waals surface area contributed by atoms with Gasteiger partial charge in [-0.1, -0.05) is 18.2 Å². The molecule has 1 aromatic carbocycles. The van der Waals surface area contributed by atoms with Crippen LogP contribution in [0.1, 0.15) is 32.1 Å². The first kappa shape index (κ1) is 24.5. The van der Waals surface area contributed by atoms with Crippen LogP contribution in [0.5, 0.6) is 5.75 Å². The number of likely N-dealkylation sites (N-methyl/N-ethyl adjacent to an activating group) is 1. The molecule has 3 saturated heterocycles. The smallest absolute Gasteiger partial charge is 0.225 e.